The summed E-state index contributed by atoms with van der Waals surface area (Å²) in [4.78, 5) is 2.26. The Labute approximate surface area is 93.7 Å². The number of nitrogens with zero attached hydrogens (tertiary/aromatic N) is 1. The van der Waals surface area contributed by atoms with Gasteiger partial charge < -0.3 is 4.90 Å². The molecule has 0 heterocycles. The Morgan fingerprint density at radius 2 is 1.43 bits per heavy atom. The largest absolute Gasteiger partial charge is 0.307 e. The first-order valence-electron chi connectivity index (χ1n) is 4.85. The van der Waals surface area contributed by atoms with E-state index in [1.165, 1.54) is 6.42 Å². The van der Waals surface area contributed by atoms with E-state index in [0.717, 1.165) is 12.3 Å². The van der Waals surface area contributed by atoms with Gasteiger partial charge in [0, 0.05) is 6.04 Å². The fourth-order valence-electron chi connectivity index (χ4n) is 1.52. The highest BCUT2D eigenvalue weighted by atomic mass is 15.1. The van der Waals surface area contributed by atoms with E-state index in [1.807, 2.05) is 0 Å². The molecule has 0 rings (SSSR count). The van der Waals surface area contributed by atoms with Crippen LogP contribution in [0, 0.1) is 5.92 Å². The second kappa shape index (κ2) is 9.58. The Bertz CT molecular complexity index is 113. The Kier molecular flexibility index (Phi) is 13.4. The number of hydrogen-bond acceptors (Lipinski definition) is 1. The summed E-state index contributed by atoms with van der Waals surface area (Å²) >= 11 is 0. The van der Waals surface area contributed by atoms with Crippen LogP contribution in [0.2, 0.25) is 5.82 Å². The normalized spacial score (nSPS) is 16.4. The molecule has 0 spiro atoms. The highest BCUT2D eigenvalue weighted by Gasteiger charge is 2.11. The molecule has 0 N–H and O–H groups in total. The van der Waals surface area contributed by atoms with Crippen LogP contribution in [0.15, 0.2) is 0 Å². The summed E-state index contributed by atoms with van der Waals surface area (Å²) in [5.74, 6) is 1.08. The van der Waals surface area contributed by atoms with Crippen molar-refractivity contribution >= 4 is 7.85 Å². The second-order valence-electron chi connectivity index (χ2n) is 4.37. The molecular formula is C12H30BN. The molecule has 0 bridgehead atoms. The lowest BCUT2D eigenvalue weighted by molar-refractivity contribution is 0.262. The SMILES string of the molecule is C.C.[B]C(C)CC(C)CC(C)N(C)C. The molecule has 0 amide bonds. The van der Waals surface area contributed by atoms with Crippen molar-refractivity contribution in [2.75, 3.05) is 14.1 Å². The molecule has 3 unspecified atom stereocenters. The van der Waals surface area contributed by atoms with Gasteiger partial charge in [-0.15, -0.1) is 0 Å². The molecule has 14 heavy (non-hydrogen) atoms. The summed E-state index contributed by atoms with van der Waals surface area (Å²) in [7, 11) is 9.99. The maximum atomic E-state index is 5.73. The van der Waals surface area contributed by atoms with E-state index in [0.29, 0.717) is 11.9 Å². The van der Waals surface area contributed by atoms with E-state index in [1.54, 1.807) is 0 Å². The molecule has 0 aliphatic rings. The minimum absolute atomic E-state index is 0. The van der Waals surface area contributed by atoms with Crippen molar-refractivity contribution in [3.05, 3.63) is 0 Å². The molecule has 0 saturated carbocycles. The third kappa shape index (κ3) is 10.1. The molecule has 3 atom stereocenters. The molecule has 2 radical (unpaired) electrons. The molecule has 1 nitrogen and oxygen atoms in total. The van der Waals surface area contributed by atoms with Gasteiger partial charge in [-0.3, -0.25) is 0 Å². The Morgan fingerprint density at radius 3 is 1.71 bits per heavy atom. The molecule has 2 heteroatoms. The maximum Gasteiger partial charge on any atom is 0.0695 e. The molecule has 0 fully saturated rings. The molecule has 0 aromatic rings. The molecule has 0 aliphatic carbocycles. The summed E-state index contributed by atoms with van der Waals surface area (Å²) in [6.45, 7) is 6.62. The van der Waals surface area contributed by atoms with E-state index in [-0.39, 0.29) is 14.9 Å². The minimum Gasteiger partial charge on any atom is -0.307 e. The summed E-state index contributed by atoms with van der Waals surface area (Å²) < 4.78 is 0. The average Bonchev–Trinajstić information content (AvgIpc) is 1.84. The lowest BCUT2D eigenvalue weighted by Crippen LogP contribution is -2.26. The van der Waals surface area contributed by atoms with Gasteiger partial charge in [-0.2, -0.15) is 0 Å². The van der Waals surface area contributed by atoms with Crippen molar-refractivity contribution in [1.82, 2.24) is 4.90 Å². The minimum atomic E-state index is 0. The molecule has 86 valence electrons. The monoisotopic (exact) mass is 199 g/mol. The van der Waals surface area contributed by atoms with Gasteiger partial charge >= 0.3 is 0 Å². The number of rotatable bonds is 5. The first-order chi connectivity index (χ1) is 5.43. The zero-order chi connectivity index (χ0) is 9.72. The Hall–Kier alpha value is 0.0249. The van der Waals surface area contributed by atoms with Gasteiger partial charge in [-0.05, 0) is 33.4 Å². The molecule has 0 aliphatic heterocycles. The number of hydrogen-bond donors (Lipinski definition) is 0. The predicted molar refractivity (Wildman–Crippen MR) is 70.2 cm³/mol. The molecular weight excluding hydrogens is 169 g/mol. The van der Waals surface area contributed by atoms with Crippen molar-refractivity contribution in [2.45, 2.75) is 60.3 Å². The second-order valence-corrected chi connectivity index (χ2v) is 4.37. The lowest BCUT2D eigenvalue weighted by atomic mass is 9.80. The van der Waals surface area contributed by atoms with E-state index in [2.05, 4.69) is 39.8 Å². The van der Waals surface area contributed by atoms with Crippen LogP contribution in [0.1, 0.15) is 48.5 Å². The highest BCUT2D eigenvalue weighted by molar-refractivity contribution is 6.11. The zero-order valence-corrected chi connectivity index (χ0v) is 9.17. The van der Waals surface area contributed by atoms with Gasteiger partial charge in [0.1, 0.15) is 0 Å². The zero-order valence-electron chi connectivity index (χ0n) is 9.17. The van der Waals surface area contributed by atoms with Crippen LogP contribution in [-0.2, 0) is 0 Å². The smallest absolute Gasteiger partial charge is 0.0695 e. The van der Waals surface area contributed by atoms with Gasteiger partial charge in [0.05, 0.1) is 7.85 Å². The summed E-state index contributed by atoms with van der Waals surface area (Å²) in [6, 6.07) is 0.666. The fourth-order valence-corrected chi connectivity index (χ4v) is 1.52. The average molecular weight is 199 g/mol. The first-order valence-corrected chi connectivity index (χ1v) is 4.85. The van der Waals surface area contributed by atoms with Crippen molar-refractivity contribution in [3.8, 4) is 0 Å². The predicted octanol–water partition coefficient (Wildman–Crippen LogP) is 3.60. The van der Waals surface area contributed by atoms with E-state index in [4.69, 9.17) is 7.85 Å². The van der Waals surface area contributed by atoms with Crippen LogP contribution in [0.4, 0.5) is 0 Å². The molecule has 0 aromatic carbocycles. The van der Waals surface area contributed by atoms with Crippen LogP contribution in [0.3, 0.4) is 0 Å². The van der Waals surface area contributed by atoms with Crippen molar-refractivity contribution < 1.29 is 0 Å². The third-order valence-corrected chi connectivity index (χ3v) is 2.40. The Balaban J connectivity index is -0.000000605. The summed E-state index contributed by atoms with van der Waals surface area (Å²) in [5.41, 5.74) is 0. The van der Waals surface area contributed by atoms with Crippen LogP contribution in [0.5, 0.6) is 0 Å². The van der Waals surface area contributed by atoms with Gasteiger partial charge in [0.25, 0.3) is 0 Å². The van der Waals surface area contributed by atoms with Gasteiger partial charge in [-0.25, -0.2) is 0 Å². The van der Waals surface area contributed by atoms with Crippen LogP contribution >= 0.6 is 0 Å². The van der Waals surface area contributed by atoms with Crippen LogP contribution < -0.4 is 0 Å². The van der Waals surface area contributed by atoms with Crippen LogP contribution in [-0.4, -0.2) is 32.9 Å². The first kappa shape index (κ1) is 19.6. The fraction of sp³-hybridized carbons (Fsp3) is 1.00. The van der Waals surface area contributed by atoms with Crippen molar-refractivity contribution in [2.24, 2.45) is 5.92 Å². The van der Waals surface area contributed by atoms with Crippen molar-refractivity contribution in [1.29, 1.82) is 0 Å². The van der Waals surface area contributed by atoms with E-state index < -0.39 is 0 Å². The summed E-state index contributed by atoms with van der Waals surface area (Å²) in [5, 5.41) is 0. The topological polar surface area (TPSA) is 3.24 Å². The van der Waals surface area contributed by atoms with Crippen molar-refractivity contribution in [3.63, 3.8) is 0 Å². The maximum absolute atomic E-state index is 5.73. The molecule has 0 aromatic heterocycles. The van der Waals surface area contributed by atoms with E-state index in [9.17, 15) is 0 Å². The van der Waals surface area contributed by atoms with Crippen LogP contribution in [0.25, 0.3) is 0 Å². The third-order valence-electron chi connectivity index (χ3n) is 2.40. The van der Waals surface area contributed by atoms with Gasteiger partial charge in [-0.1, -0.05) is 40.9 Å². The Morgan fingerprint density at radius 1 is 1.00 bits per heavy atom. The standard InChI is InChI=1S/C10H22BN.2CH4/c1-8(6-9(2)11)7-10(3)12(4)5;;/h8-10H,6-7H2,1-5H3;2*1H4. The van der Waals surface area contributed by atoms with Gasteiger partial charge in [0.15, 0.2) is 0 Å². The van der Waals surface area contributed by atoms with Gasteiger partial charge in [0.2, 0.25) is 0 Å². The quantitative estimate of drug-likeness (QED) is 0.611. The highest BCUT2D eigenvalue weighted by Crippen LogP contribution is 2.19. The molecule has 0 saturated heterocycles. The lowest BCUT2D eigenvalue weighted by Gasteiger charge is -2.24. The summed E-state index contributed by atoms with van der Waals surface area (Å²) in [6.07, 6.45) is 2.38. The van der Waals surface area contributed by atoms with E-state index >= 15 is 0 Å².